The lowest BCUT2D eigenvalue weighted by Gasteiger charge is -2.10. The lowest BCUT2D eigenvalue weighted by atomic mass is 10.1. The summed E-state index contributed by atoms with van der Waals surface area (Å²) in [6, 6.07) is 3.13. The second kappa shape index (κ2) is 3.51. The molecular weight excluding hydrogens is 221 g/mol. The number of anilines is 1. The van der Waals surface area contributed by atoms with Gasteiger partial charge < -0.3 is 5.73 Å². The van der Waals surface area contributed by atoms with E-state index in [9.17, 15) is 13.2 Å². The highest BCUT2D eigenvalue weighted by atomic mass is 19.4. The zero-order valence-electron chi connectivity index (χ0n) is 7.94. The Labute approximate surface area is 88.5 Å². The van der Waals surface area contributed by atoms with Crippen LogP contribution in [-0.2, 0) is 6.18 Å². The van der Waals surface area contributed by atoms with Gasteiger partial charge in [-0.25, -0.2) is 0 Å². The summed E-state index contributed by atoms with van der Waals surface area (Å²) in [7, 11) is 0. The largest absolute Gasteiger partial charge is 0.416 e. The Balaban J connectivity index is 2.46. The molecule has 0 aliphatic carbocycles. The number of alkyl halides is 3. The number of benzene rings is 1. The van der Waals surface area contributed by atoms with Gasteiger partial charge in [0.05, 0.1) is 16.9 Å². The third-order valence-corrected chi connectivity index (χ3v) is 2.05. The summed E-state index contributed by atoms with van der Waals surface area (Å²) in [6.45, 7) is 0. The Bertz CT molecular complexity index is 490. The third-order valence-electron chi connectivity index (χ3n) is 2.05. The van der Waals surface area contributed by atoms with Gasteiger partial charge in [0.1, 0.15) is 12.7 Å². The molecule has 7 heteroatoms. The SMILES string of the molecule is Nc1cc(C(F)(F)F)ccc1-n1cnnc1. The van der Waals surface area contributed by atoms with Crippen LogP contribution in [0.4, 0.5) is 18.9 Å². The van der Waals surface area contributed by atoms with Gasteiger partial charge in [-0.05, 0) is 18.2 Å². The topological polar surface area (TPSA) is 56.7 Å². The average Bonchev–Trinajstić information content (AvgIpc) is 2.69. The monoisotopic (exact) mass is 228 g/mol. The number of hydrogen-bond acceptors (Lipinski definition) is 3. The van der Waals surface area contributed by atoms with Gasteiger partial charge in [0, 0.05) is 0 Å². The van der Waals surface area contributed by atoms with Crippen LogP contribution in [0.15, 0.2) is 30.9 Å². The summed E-state index contributed by atoms with van der Waals surface area (Å²) in [5.41, 5.74) is 5.19. The zero-order chi connectivity index (χ0) is 11.8. The van der Waals surface area contributed by atoms with E-state index in [2.05, 4.69) is 10.2 Å². The van der Waals surface area contributed by atoms with Gasteiger partial charge in [0.2, 0.25) is 0 Å². The molecule has 0 bridgehead atoms. The molecule has 0 amide bonds. The Morgan fingerprint density at radius 2 is 1.75 bits per heavy atom. The smallest absolute Gasteiger partial charge is 0.397 e. The van der Waals surface area contributed by atoms with Gasteiger partial charge in [0.25, 0.3) is 0 Å². The normalized spacial score (nSPS) is 11.7. The summed E-state index contributed by atoms with van der Waals surface area (Å²) in [4.78, 5) is 0. The molecule has 16 heavy (non-hydrogen) atoms. The van der Waals surface area contributed by atoms with Crippen LogP contribution in [0.2, 0.25) is 0 Å². The first kappa shape index (κ1) is 10.5. The maximum absolute atomic E-state index is 12.4. The lowest BCUT2D eigenvalue weighted by Crippen LogP contribution is -2.07. The van der Waals surface area contributed by atoms with Crippen molar-refractivity contribution in [1.29, 1.82) is 0 Å². The number of halogens is 3. The Hall–Kier alpha value is -2.05. The molecule has 4 nitrogen and oxygen atoms in total. The summed E-state index contributed by atoms with van der Waals surface area (Å²) < 4.78 is 38.5. The van der Waals surface area contributed by atoms with E-state index in [1.54, 1.807) is 0 Å². The van der Waals surface area contributed by atoms with Gasteiger partial charge >= 0.3 is 6.18 Å². The Morgan fingerprint density at radius 1 is 1.12 bits per heavy atom. The van der Waals surface area contributed by atoms with E-state index in [4.69, 9.17) is 5.73 Å². The number of hydrogen-bond donors (Lipinski definition) is 1. The Kier molecular flexibility index (Phi) is 2.30. The van der Waals surface area contributed by atoms with Crippen LogP contribution in [0.3, 0.4) is 0 Å². The van der Waals surface area contributed by atoms with Gasteiger partial charge in [-0.2, -0.15) is 13.2 Å². The molecule has 2 N–H and O–H groups in total. The van der Waals surface area contributed by atoms with Crippen molar-refractivity contribution in [2.24, 2.45) is 0 Å². The molecule has 0 spiro atoms. The molecule has 0 aliphatic heterocycles. The van der Waals surface area contributed by atoms with Gasteiger partial charge in [-0.1, -0.05) is 0 Å². The van der Waals surface area contributed by atoms with E-state index in [1.807, 2.05) is 0 Å². The van der Waals surface area contributed by atoms with Crippen LogP contribution in [0.5, 0.6) is 0 Å². The number of nitrogen functional groups attached to an aromatic ring is 1. The van der Waals surface area contributed by atoms with Crippen molar-refractivity contribution in [3.63, 3.8) is 0 Å². The number of aromatic nitrogens is 3. The molecule has 2 aromatic rings. The Morgan fingerprint density at radius 3 is 2.25 bits per heavy atom. The highest BCUT2D eigenvalue weighted by Gasteiger charge is 2.30. The minimum Gasteiger partial charge on any atom is -0.397 e. The van der Waals surface area contributed by atoms with Crippen molar-refractivity contribution < 1.29 is 13.2 Å². The molecule has 0 aliphatic rings. The summed E-state index contributed by atoms with van der Waals surface area (Å²) >= 11 is 0. The van der Waals surface area contributed by atoms with Crippen molar-refractivity contribution >= 4 is 5.69 Å². The molecule has 1 heterocycles. The van der Waals surface area contributed by atoms with Crippen molar-refractivity contribution in [2.75, 3.05) is 5.73 Å². The molecule has 0 fully saturated rings. The fourth-order valence-corrected chi connectivity index (χ4v) is 1.29. The van der Waals surface area contributed by atoms with E-state index in [0.717, 1.165) is 12.1 Å². The summed E-state index contributed by atoms with van der Waals surface area (Å²) in [5.74, 6) is 0. The van der Waals surface area contributed by atoms with Crippen LogP contribution in [0.1, 0.15) is 5.56 Å². The molecule has 1 aromatic carbocycles. The first-order valence-electron chi connectivity index (χ1n) is 4.30. The van der Waals surface area contributed by atoms with E-state index < -0.39 is 11.7 Å². The highest BCUT2D eigenvalue weighted by molar-refractivity contribution is 5.59. The summed E-state index contributed by atoms with van der Waals surface area (Å²) in [6.07, 6.45) is -1.67. The van der Waals surface area contributed by atoms with Crippen LogP contribution in [0.25, 0.3) is 5.69 Å². The first-order chi connectivity index (χ1) is 7.48. The fraction of sp³-hybridized carbons (Fsp3) is 0.111. The number of rotatable bonds is 1. The molecule has 2 rings (SSSR count). The highest BCUT2D eigenvalue weighted by Crippen LogP contribution is 2.32. The van der Waals surface area contributed by atoms with Crippen molar-refractivity contribution in [3.05, 3.63) is 36.4 Å². The van der Waals surface area contributed by atoms with Gasteiger partial charge in [-0.3, -0.25) is 4.57 Å². The van der Waals surface area contributed by atoms with Gasteiger partial charge in [0.15, 0.2) is 0 Å². The maximum atomic E-state index is 12.4. The predicted octanol–water partition coefficient (Wildman–Crippen LogP) is 1.87. The molecule has 0 atom stereocenters. The standard InChI is InChI=1S/C9H7F3N4/c10-9(11,12)6-1-2-8(7(13)3-6)16-4-14-15-5-16/h1-5H,13H2. The van der Waals surface area contributed by atoms with Crippen molar-refractivity contribution in [1.82, 2.24) is 14.8 Å². The number of nitrogens with two attached hydrogens (primary N) is 1. The van der Waals surface area contributed by atoms with Crippen molar-refractivity contribution in [2.45, 2.75) is 6.18 Å². The first-order valence-corrected chi connectivity index (χ1v) is 4.30. The van der Waals surface area contributed by atoms with Crippen LogP contribution in [-0.4, -0.2) is 14.8 Å². The molecule has 0 radical (unpaired) electrons. The van der Waals surface area contributed by atoms with Crippen LogP contribution in [0, 0.1) is 0 Å². The molecule has 84 valence electrons. The zero-order valence-corrected chi connectivity index (χ0v) is 7.94. The predicted molar refractivity (Wildman–Crippen MR) is 50.8 cm³/mol. The number of nitrogens with zero attached hydrogens (tertiary/aromatic N) is 3. The van der Waals surface area contributed by atoms with E-state index in [-0.39, 0.29) is 5.69 Å². The molecular formula is C9H7F3N4. The second-order valence-corrected chi connectivity index (χ2v) is 3.14. The third kappa shape index (κ3) is 1.83. The maximum Gasteiger partial charge on any atom is 0.416 e. The van der Waals surface area contributed by atoms with Crippen LogP contribution >= 0.6 is 0 Å². The lowest BCUT2D eigenvalue weighted by molar-refractivity contribution is -0.137. The van der Waals surface area contributed by atoms with Gasteiger partial charge in [-0.15, -0.1) is 10.2 Å². The minimum atomic E-state index is -4.39. The summed E-state index contributed by atoms with van der Waals surface area (Å²) in [5, 5.41) is 7.09. The van der Waals surface area contributed by atoms with E-state index in [0.29, 0.717) is 5.69 Å². The molecule has 0 unspecified atom stereocenters. The quantitative estimate of drug-likeness (QED) is 0.758. The fourth-order valence-electron chi connectivity index (χ4n) is 1.29. The van der Waals surface area contributed by atoms with Crippen molar-refractivity contribution in [3.8, 4) is 5.69 Å². The van der Waals surface area contributed by atoms with E-state index >= 15 is 0 Å². The molecule has 1 aromatic heterocycles. The second-order valence-electron chi connectivity index (χ2n) is 3.14. The molecule has 0 saturated heterocycles. The molecule has 0 saturated carbocycles. The van der Waals surface area contributed by atoms with Crippen LogP contribution < -0.4 is 5.73 Å². The minimum absolute atomic E-state index is 0.0228. The van der Waals surface area contributed by atoms with E-state index in [1.165, 1.54) is 23.3 Å². The average molecular weight is 228 g/mol.